The summed E-state index contributed by atoms with van der Waals surface area (Å²) in [5.74, 6) is 0.739. The summed E-state index contributed by atoms with van der Waals surface area (Å²) in [6, 6.07) is 12.5. The molecule has 0 saturated carbocycles. The van der Waals surface area contributed by atoms with Crippen LogP contribution in [0.1, 0.15) is 18.4 Å². The summed E-state index contributed by atoms with van der Waals surface area (Å²) in [4.78, 5) is 24.3. The van der Waals surface area contributed by atoms with Crippen LogP contribution < -0.4 is 4.74 Å². The lowest BCUT2D eigenvalue weighted by molar-refractivity contribution is -0.384. The van der Waals surface area contributed by atoms with Gasteiger partial charge >= 0.3 is 0 Å². The van der Waals surface area contributed by atoms with Crippen molar-refractivity contribution in [3.8, 4) is 5.75 Å². The molecule has 2 aromatic rings. The van der Waals surface area contributed by atoms with Crippen molar-refractivity contribution in [1.29, 1.82) is 0 Å². The minimum atomic E-state index is -3.76. The van der Waals surface area contributed by atoms with Gasteiger partial charge in [-0.05, 0) is 37.6 Å². The summed E-state index contributed by atoms with van der Waals surface area (Å²) in [7, 11) is -3.76. The third kappa shape index (κ3) is 5.80. The molecule has 0 radical (unpaired) electrons. The molecule has 0 aliphatic carbocycles. The molecule has 0 N–H and O–H groups in total. The van der Waals surface area contributed by atoms with Gasteiger partial charge in [0.25, 0.3) is 5.69 Å². The van der Waals surface area contributed by atoms with Crippen LogP contribution in [0, 0.1) is 17.0 Å². The number of ether oxygens (including phenoxy) is 1. The summed E-state index contributed by atoms with van der Waals surface area (Å²) in [5, 5.41) is 10.7. The number of hydrogen-bond donors (Lipinski definition) is 0. The number of aryl methyl sites for hydroxylation is 1. The maximum atomic E-state index is 12.7. The number of amides is 1. The van der Waals surface area contributed by atoms with Gasteiger partial charge in [-0.3, -0.25) is 14.9 Å². The highest BCUT2D eigenvalue weighted by Crippen LogP contribution is 2.21. The number of nitro benzene ring substituents is 1. The van der Waals surface area contributed by atoms with E-state index >= 15 is 0 Å². The largest absolute Gasteiger partial charge is 0.494 e. The minimum absolute atomic E-state index is 0.00568. The fraction of sp³-hybridized carbons (Fsp3) is 0.381. The van der Waals surface area contributed by atoms with Crippen LogP contribution in [-0.4, -0.2) is 61.2 Å². The molecule has 2 aromatic carbocycles. The molecule has 1 saturated heterocycles. The van der Waals surface area contributed by atoms with E-state index in [0.717, 1.165) is 11.3 Å². The van der Waals surface area contributed by atoms with Crippen LogP contribution >= 0.6 is 0 Å². The zero-order chi connectivity index (χ0) is 22.4. The Morgan fingerprint density at radius 1 is 1.03 bits per heavy atom. The van der Waals surface area contributed by atoms with E-state index in [2.05, 4.69) is 0 Å². The Labute approximate surface area is 181 Å². The Bertz CT molecular complexity index is 1010. The first kappa shape index (κ1) is 22.7. The normalized spacial score (nSPS) is 14.9. The van der Waals surface area contributed by atoms with Gasteiger partial charge < -0.3 is 9.64 Å². The van der Waals surface area contributed by atoms with Crippen molar-refractivity contribution < 1.29 is 22.9 Å². The molecule has 166 valence electrons. The standard InChI is InChI=1S/C21H25N3O6S/c1-17-4-8-19(9-5-17)30-16-2-3-21(25)22-12-14-23(15-13-22)31(28,29)20-10-6-18(7-11-20)24(26)27/h4-11H,2-3,12-16H2,1H3. The quantitative estimate of drug-likeness (QED) is 0.349. The number of rotatable bonds is 8. The summed E-state index contributed by atoms with van der Waals surface area (Å²) in [6.07, 6.45) is 0.912. The molecule has 0 spiro atoms. The van der Waals surface area contributed by atoms with Gasteiger partial charge in [-0.15, -0.1) is 0 Å². The Hall–Kier alpha value is -2.98. The smallest absolute Gasteiger partial charge is 0.269 e. The summed E-state index contributed by atoms with van der Waals surface area (Å²) < 4.78 is 32.4. The first-order chi connectivity index (χ1) is 14.8. The summed E-state index contributed by atoms with van der Waals surface area (Å²) >= 11 is 0. The van der Waals surface area contributed by atoms with E-state index in [-0.39, 0.29) is 29.6 Å². The minimum Gasteiger partial charge on any atom is -0.494 e. The predicted octanol–water partition coefficient (Wildman–Crippen LogP) is 2.60. The van der Waals surface area contributed by atoms with Gasteiger partial charge in [0.15, 0.2) is 0 Å². The Morgan fingerprint density at radius 2 is 1.65 bits per heavy atom. The van der Waals surface area contributed by atoms with E-state index in [1.807, 2.05) is 31.2 Å². The molecule has 0 bridgehead atoms. The molecule has 0 unspecified atom stereocenters. The van der Waals surface area contributed by atoms with Crippen LogP contribution in [0.3, 0.4) is 0 Å². The maximum absolute atomic E-state index is 12.7. The lowest BCUT2D eigenvalue weighted by Crippen LogP contribution is -2.50. The van der Waals surface area contributed by atoms with Crippen LogP contribution in [0.2, 0.25) is 0 Å². The van der Waals surface area contributed by atoms with E-state index in [1.165, 1.54) is 28.6 Å². The average Bonchev–Trinajstić information content (AvgIpc) is 2.78. The number of carbonyl (C=O) groups excluding carboxylic acids is 1. The molecular formula is C21H25N3O6S. The molecule has 1 fully saturated rings. The fourth-order valence-electron chi connectivity index (χ4n) is 3.27. The number of nitro groups is 1. The van der Waals surface area contributed by atoms with Gasteiger partial charge in [0.2, 0.25) is 15.9 Å². The van der Waals surface area contributed by atoms with Gasteiger partial charge in [0.1, 0.15) is 5.75 Å². The number of hydrogen-bond acceptors (Lipinski definition) is 6. The second-order valence-electron chi connectivity index (χ2n) is 7.30. The molecule has 0 atom stereocenters. The van der Waals surface area contributed by atoms with Crippen molar-refractivity contribution >= 4 is 21.6 Å². The van der Waals surface area contributed by atoms with Crippen LogP contribution in [0.15, 0.2) is 53.4 Å². The van der Waals surface area contributed by atoms with Gasteiger partial charge in [-0.25, -0.2) is 8.42 Å². The number of nitrogens with zero attached hydrogens (tertiary/aromatic N) is 3. The van der Waals surface area contributed by atoms with Crippen molar-refractivity contribution in [3.05, 3.63) is 64.2 Å². The molecule has 10 heteroatoms. The first-order valence-corrected chi connectivity index (χ1v) is 11.4. The fourth-order valence-corrected chi connectivity index (χ4v) is 4.69. The highest BCUT2D eigenvalue weighted by molar-refractivity contribution is 7.89. The molecule has 31 heavy (non-hydrogen) atoms. The Morgan fingerprint density at radius 3 is 2.23 bits per heavy atom. The maximum Gasteiger partial charge on any atom is 0.269 e. The number of piperazine rings is 1. The van der Waals surface area contributed by atoms with E-state index in [9.17, 15) is 23.3 Å². The van der Waals surface area contributed by atoms with Gasteiger partial charge in [-0.2, -0.15) is 4.31 Å². The first-order valence-electron chi connectivity index (χ1n) is 9.99. The Kier molecular flexibility index (Phi) is 7.24. The summed E-state index contributed by atoms with van der Waals surface area (Å²) in [5.41, 5.74) is 0.984. The van der Waals surface area contributed by atoms with Crippen LogP contribution in [-0.2, 0) is 14.8 Å². The van der Waals surface area contributed by atoms with Crippen LogP contribution in [0.5, 0.6) is 5.75 Å². The zero-order valence-electron chi connectivity index (χ0n) is 17.3. The van der Waals surface area contributed by atoms with Crippen molar-refractivity contribution in [3.63, 3.8) is 0 Å². The van der Waals surface area contributed by atoms with Crippen molar-refractivity contribution in [1.82, 2.24) is 9.21 Å². The molecule has 1 heterocycles. The Balaban J connectivity index is 1.45. The molecule has 1 aliphatic heterocycles. The molecule has 0 aromatic heterocycles. The van der Waals surface area contributed by atoms with E-state index in [4.69, 9.17) is 4.74 Å². The molecular weight excluding hydrogens is 422 g/mol. The molecule has 1 amide bonds. The molecule has 1 aliphatic rings. The lowest BCUT2D eigenvalue weighted by Gasteiger charge is -2.34. The highest BCUT2D eigenvalue weighted by atomic mass is 32.2. The number of benzene rings is 2. The monoisotopic (exact) mass is 447 g/mol. The number of non-ortho nitro benzene ring substituents is 1. The predicted molar refractivity (Wildman–Crippen MR) is 114 cm³/mol. The zero-order valence-corrected chi connectivity index (χ0v) is 18.1. The molecule has 3 rings (SSSR count). The van der Waals surface area contributed by atoms with Crippen LogP contribution in [0.25, 0.3) is 0 Å². The second kappa shape index (κ2) is 9.88. The topological polar surface area (TPSA) is 110 Å². The summed E-state index contributed by atoms with van der Waals surface area (Å²) in [6.45, 7) is 3.42. The van der Waals surface area contributed by atoms with Crippen LogP contribution in [0.4, 0.5) is 5.69 Å². The SMILES string of the molecule is Cc1ccc(OCCCC(=O)N2CCN(S(=O)(=O)c3ccc([N+](=O)[O-])cc3)CC2)cc1. The van der Waals surface area contributed by atoms with Crippen molar-refractivity contribution in [2.45, 2.75) is 24.7 Å². The highest BCUT2D eigenvalue weighted by Gasteiger charge is 2.30. The van der Waals surface area contributed by atoms with Gasteiger partial charge in [0.05, 0.1) is 16.4 Å². The van der Waals surface area contributed by atoms with Crippen molar-refractivity contribution in [2.75, 3.05) is 32.8 Å². The van der Waals surface area contributed by atoms with E-state index in [0.29, 0.717) is 32.5 Å². The number of carbonyl (C=O) groups is 1. The van der Waals surface area contributed by atoms with Gasteiger partial charge in [-0.1, -0.05) is 17.7 Å². The lowest BCUT2D eigenvalue weighted by atomic mass is 10.2. The van der Waals surface area contributed by atoms with E-state index < -0.39 is 14.9 Å². The molecule has 9 nitrogen and oxygen atoms in total. The number of sulfonamides is 1. The second-order valence-corrected chi connectivity index (χ2v) is 9.24. The third-order valence-corrected chi connectivity index (χ3v) is 7.01. The van der Waals surface area contributed by atoms with E-state index in [1.54, 1.807) is 4.90 Å². The third-order valence-electron chi connectivity index (χ3n) is 5.10. The van der Waals surface area contributed by atoms with Gasteiger partial charge in [0, 0.05) is 44.7 Å². The van der Waals surface area contributed by atoms with Crippen molar-refractivity contribution in [2.24, 2.45) is 0 Å². The average molecular weight is 448 g/mol.